The summed E-state index contributed by atoms with van der Waals surface area (Å²) < 4.78 is 2.09. The van der Waals surface area contributed by atoms with Crippen LogP contribution < -0.4 is 5.32 Å². The molecule has 4 nitrogen and oxygen atoms in total. The Labute approximate surface area is 97.1 Å². The fourth-order valence-corrected chi connectivity index (χ4v) is 1.61. The third kappa shape index (κ3) is 4.47. The zero-order valence-corrected chi connectivity index (χ0v) is 10.1. The normalized spacial score (nSPS) is 10.4. The van der Waals surface area contributed by atoms with Crippen LogP contribution in [0.4, 0.5) is 0 Å². The molecule has 89 valence electrons. The van der Waals surface area contributed by atoms with Gasteiger partial charge in [-0.05, 0) is 26.7 Å². The SMILES string of the molecule is CCNC(=O)CCCCCn1c[c]nc1C. The highest BCUT2D eigenvalue weighted by Crippen LogP contribution is 2.04. The lowest BCUT2D eigenvalue weighted by Crippen LogP contribution is -2.22. The van der Waals surface area contributed by atoms with Gasteiger partial charge in [0.1, 0.15) is 12.0 Å². The maximum atomic E-state index is 11.2. The van der Waals surface area contributed by atoms with Crippen LogP contribution >= 0.6 is 0 Å². The minimum atomic E-state index is 0.162. The molecule has 1 heterocycles. The van der Waals surface area contributed by atoms with Gasteiger partial charge >= 0.3 is 0 Å². The zero-order chi connectivity index (χ0) is 11.8. The van der Waals surface area contributed by atoms with Crippen LogP contribution in [0.2, 0.25) is 0 Å². The fraction of sp³-hybridized carbons (Fsp3) is 0.667. The molecule has 1 aromatic rings. The van der Waals surface area contributed by atoms with Gasteiger partial charge in [0.15, 0.2) is 0 Å². The third-order valence-electron chi connectivity index (χ3n) is 2.53. The van der Waals surface area contributed by atoms with E-state index in [2.05, 4.69) is 21.1 Å². The molecule has 0 aliphatic heterocycles. The summed E-state index contributed by atoms with van der Waals surface area (Å²) in [5.41, 5.74) is 0. The molecule has 1 rings (SSSR count). The Balaban J connectivity index is 2.04. The van der Waals surface area contributed by atoms with Crippen LogP contribution in [-0.4, -0.2) is 22.0 Å². The van der Waals surface area contributed by atoms with Crippen LogP contribution in [0, 0.1) is 13.1 Å². The molecule has 1 amide bonds. The Hall–Kier alpha value is -1.32. The number of hydrogen-bond acceptors (Lipinski definition) is 2. The minimum absolute atomic E-state index is 0.162. The third-order valence-corrected chi connectivity index (χ3v) is 2.53. The number of nitrogens with zero attached hydrogens (tertiary/aromatic N) is 2. The highest BCUT2D eigenvalue weighted by atomic mass is 16.1. The van der Waals surface area contributed by atoms with Crippen molar-refractivity contribution in [2.75, 3.05) is 6.54 Å². The molecule has 0 fully saturated rings. The van der Waals surface area contributed by atoms with E-state index < -0.39 is 0 Å². The predicted octanol–water partition coefficient (Wildman–Crippen LogP) is 1.69. The van der Waals surface area contributed by atoms with Crippen molar-refractivity contribution in [2.45, 2.75) is 46.1 Å². The molecule has 0 bridgehead atoms. The van der Waals surface area contributed by atoms with Crippen LogP contribution in [0.5, 0.6) is 0 Å². The van der Waals surface area contributed by atoms with Crippen molar-refractivity contribution in [1.29, 1.82) is 0 Å². The molecule has 0 spiro atoms. The molecule has 0 aliphatic rings. The van der Waals surface area contributed by atoms with Crippen molar-refractivity contribution in [3.05, 3.63) is 18.2 Å². The lowest BCUT2D eigenvalue weighted by atomic mass is 10.2. The number of rotatable bonds is 7. The highest BCUT2D eigenvalue weighted by molar-refractivity contribution is 5.75. The first-order chi connectivity index (χ1) is 7.74. The van der Waals surface area contributed by atoms with Gasteiger partial charge in [0.05, 0.1) is 0 Å². The highest BCUT2D eigenvalue weighted by Gasteiger charge is 2.00. The van der Waals surface area contributed by atoms with E-state index >= 15 is 0 Å². The summed E-state index contributed by atoms with van der Waals surface area (Å²) in [4.78, 5) is 15.2. The molecule has 0 unspecified atom stereocenters. The fourth-order valence-electron chi connectivity index (χ4n) is 1.61. The Morgan fingerprint density at radius 2 is 2.31 bits per heavy atom. The molecular formula is C12H20N3O. The number of hydrogen-bond donors (Lipinski definition) is 1. The van der Waals surface area contributed by atoms with Gasteiger partial charge in [-0.25, -0.2) is 4.98 Å². The van der Waals surface area contributed by atoms with Crippen molar-refractivity contribution in [3.63, 3.8) is 0 Å². The molecule has 0 saturated carbocycles. The molecule has 0 atom stereocenters. The quantitative estimate of drug-likeness (QED) is 0.714. The van der Waals surface area contributed by atoms with Crippen LogP contribution in [0.25, 0.3) is 0 Å². The Morgan fingerprint density at radius 1 is 1.50 bits per heavy atom. The second kappa shape index (κ2) is 7.04. The molecule has 1 N–H and O–H groups in total. The van der Waals surface area contributed by atoms with Gasteiger partial charge in [0.25, 0.3) is 0 Å². The van der Waals surface area contributed by atoms with Gasteiger partial charge in [-0.2, -0.15) is 0 Å². The number of imidazole rings is 1. The van der Waals surface area contributed by atoms with Gasteiger partial charge in [-0.1, -0.05) is 6.42 Å². The summed E-state index contributed by atoms with van der Waals surface area (Å²) in [7, 11) is 0. The van der Waals surface area contributed by atoms with E-state index in [0.29, 0.717) is 6.42 Å². The number of aromatic nitrogens is 2. The Morgan fingerprint density at radius 3 is 2.94 bits per heavy atom. The first-order valence-corrected chi connectivity index (χ1v) is 5.90. The van der Waals surface area contributed by atoms with Crippen molar-refractivity contribution < 1.29 is 4.79 Å². The molecule has 4 heteroatoms. The topological polar surface area (TPSA) is 46.9 Å². The van der Waals surface area contributed by atoms with Gasteiger partial charge in [0, 0.05) is 25.7 Å². The molecule has 0 aromatic carbocycles. The molecule has 1 aromatic heterocycles. The van der Waals surface area contributed by atoms with Gasteiger partial charge in [-0.15, -0.1) is 0 Å². The summed E-state index contributed by atoms with van der Waals surface area (Å²) in [6.07, 6.45) is 8.47. The van der Waals surface area contributed by atoms with E-state index in [-0.39, 0.29) is 5.91 Å². The van der Waals surface area contributed by atoms with Crippen LogP contribution in [0.3, 0.4) is 0 Å². The maximum absolute atomic E-state index is 11.2. The van der Waals surface area contributed by atoms with E-state index in [9.17, 15) is 4.79 Å². The summed E-state index contributed by atoms with van der Waals surface area (Å²) >= 11 is 0. The zero-order valence-electron chi connectivity index (χ0n) is 10.1. The van der Waals surface area contributed by atoms with E-state index in [1.807, 2.05) is 20.0 Å². The molecule has 1 radical (unpaired) electrons. The standard InChI is InChI=1S/C12H20N3O/c1-3-13-12(16)7-5-4-6-9-15-10-8-14-11(15)2/h10H,3-7,9H2,1-2H3,(H,13,16). The summed E-state index contributed by atoms with van der Waals surface area (Å²) in [6.45, 7) is 5.61. The van der Waals surface area contributed by atoms with Crippen LogP contribution in [-0.2, 0) is 11.3 Å². The first-order valence-electron chi connectivity index (χ1n) is 5.90. The molecule has 0 saturated heterocycles. The molecular weight excluding hydrogens is 202 g/mol. The minimum Gasteiger partial charge on any atom is -0.356 e. The number of unbranched alkanes of at least 4 members (excludes halogenated alkanes) is 2. The van der Waals surface area contributed by atoms with Crippen molar-refractivity contribution in [3.8, 4) is 0 Å². The lowest BCUT2D eigenvalue weighted by molar-refractivity contribution is -0.121. The smallest absolute Gasteiger partial charge is 0.219 e. The summed E-state index contributed by atoms with van der Waals surface area (Å²) in [5.74, 6) is 1.17. The molecule has 0 aliphatic carbocycles. The predicted molar refractivity (Wildman–Crippen MR) is 63.0 cm³/mol. The second-order valence-corrected chi connectivity index (χ2v) is 3.87. The van der Waals surface area contributed by atoms with E-state index in [1.165, 1.54) is 0 Å². The first kappa shape index (κ1) is 12.7. The van der Waals surface area contributed by atoms with Gasteiger partial charge in [0.2, 0.25) is 5.91 Å². The maximum Gasteiger partial charge on any atom is 0.219 e. The monoisotopic (exact) mass is 222 g/mol. The molecule has 16 heavy (non-hydrogen) atoms. The number of amides is 1. The van der Waals surface area contributed by atoms with Crippen molar-refractivity contribution >= 4 is 5.91 Å². The number of aryl methyl sites for hydroxylation is 2. The summed E-state index contributed by atoms with van der Waals surface area (Å²) in [6, 6.07) is 0. The Kier molecular flexibility index (Phi) is 5.61. The second-order valence-electron chi connectivity index (χ2n) is 3.87. The van der Waals surface area contributed by atoms with E-state index in [4.69, 9.17) is 0 Å². The number of carbonyl (C=O) groups excluding carboxylic acids is 1. The van der Waals surface area contributed by atoms with Crippen LogP contribution in [0.15, 0.2) is 6.20 Å². The van der Waals surface area contributed by atoms with E-state index in [0.717, 1.165) is 38.2 Å². The van der Waals surface area contributed by atoms with Gasteiger partial charge in [-0.3, -0.25) is 4.79 Å². The number of carbonyl (C=O) groups is 1. The summed E-state index contributed by atoms with van der Waals surface area (Å²) in [5, 5.41) is 2.80. The van der Waals surface area contributed by atoms with Gasteiger partial charge < -0.3 is 9.88 Å². The average molecular weight is 222 g/mol. The van der Waals surface area contributed by atoms with Crippen molar-refractivity contribution in [2.24, 2.45) is 0 Å². The Bertz CT molecular complexity index is 320. The number of nitrogens with one attached hydrogen (secondary N) is 1. The largest absolute Gasteiger partial charge is 0.356 e. The van der Waals surface area contributed by atoms with Crippen molar-refractivity contribution in [1.82, 2.24) is 14.9 Å². The van der Waals surface area contributed by atoms with Crippen LogP contribution in [0.1, 0.15) is 38.4 Å². The average Bonchev–Trinajstić information content (AvgIpc) is 2.64. The lowest BCUT2D eigenvalue weighted by Gasteiger charge is -2.05. The van der Waals surface area contributed by atoms with E-state index in [1.54, 1.807) is 0 Å².